The van der Waals surface area contributed by atoms with Crippen LogP contribution in [0.15, 0.2) is 0 Å². The van der Waals surface area contributed by atoms with E-state index in [2.05, 4.69) is 0 Å². The van der Waals surface area contributed by atoms with Crippen LogP contribution in [-0.2, 0) is 14.4 Å². The van der Waals surface area contributed by atoms with Crippen molar-refractivity contribution < 1.29 is 29.7 Å². The average Bonchev–Trinajstić information content (AvgIpc) is 1.54. The average molecular weight is 468 g/mol. The number of carboxylic acid groups (broad SMARTS) is 3. The predicted molar refractivity (Wildman–Crippen MR) is 126 cm³/mol. The van der Waals surface area contributed by atoms with Crippen LogP contribution in [0.1, 0.15) is 20.8 Å². The molecule has 0 fully saturated rings. The van der Waals surface area contributed by atoms with Gasteiger partial charge in [0.2, 0.25) is 0 Å². The van der Waals surface area contributed by atoms with Gasteiger partial charge in [-0.05, 0) is 0 Å². The predicted octanol–water partition coefficient (Wildman–Crippen LogP) is -7.51. The van der Waals surface area contributed by atoms with E-state index in [9.17, 15) is 0 Å². The minimum atomic E-state index is -0.833. The molecule has 0 radical (unpaired) electrons. The van der Waals surface area contributed by atoms with E-state index in [0.717, 1.165) is 20.8 Å². The maximum absolute atomic E-state index is 9.00. The van der Waals surface area contributed by atoms with Gasteiger partial charge in [-0.2, -0.15) is 0 Å². The summed E-state index contributed by atoms with van der Waals surface area (Å²) in [6.45, 7) is 3.25. The van der Waals surface area contributed by atoms with Crippen molar-refractivity contribution in [1.82, 2.24) is 0 Å². The Morgan fingerprint density at radius 1 is 0.375 bits per heavy atom. The number of carbonyl (C=O) groups is 3. The molecule has 0 spiro atoms. The number of hydrogen-bond acceptors (Lipinski definition) is 3. The molecule has 18 heteroatoms. The summed E-state index contributed by atoms with van der Waals surface area (Å²) in [4.78, 5) is 27.0. The second-order valence-electron chi connectivity index (χ2n) is 1.56. The molecule has 0 bridgehead atoms. The Balaban J connectivity index is -0.00000000312. The zero-order valence-corrected chi connectivity index (χ0v) is 7.07. The zero-order chi connectivity index (χ0) is 10.7. The molecule has 0 aliphatic carbocycles. The molecule has 6 nitrogen and oxygen atoms in total. The van der Waals surface area contributed by atoms with Gasteiger partial charge in [-0.15, -0.1) is 0 Å². The molecule has 24 heavy (non-hydrogen) atoms. The van der Waals surface area contributed by atoms with E-state index in [1.54, 1.807) is 0 Å². The summed E-state index contributed by atoms with van der Waals surface area (Å²) in [5.41, 5.74) is 0. The first kappa shape index (κ1) is 102. The minimum absolute atomic E-state index is 0. The molecular weight excluding hydrogens is 444 g/mol. The van der Waals surface area contributed by atoms with Crippen molar-refractivity contribution in [3.05, 3.63) is 0 Å². The van der Waals surface area contributed by atoms with Crippen molar-refractivity contribution in [3.63, 3.8) is 0 Å². The Bertz CT molecular complexity index is 134. The van der Waals surface area contributed by atoms with E-state index in [4.69, 9.17) is 29.7 Å². The van der Waals surface area contributed by atoms with Crippen LogP contribution < -0.4 is 0 Å². The van der Waals surface area contributed by atoms with Gasteiger partial charge in [0.1, 0.15) is 0 Å². The third-order valence-corrected chi connectivity index (χ3v) is 0. The van der Waals surface area contributed by atoms with E-state index in [0.29, 0.717) is 0 Å². The summed E-state index contributed by atoms with van der Waals surface area (Å²) in [5, 5.41) is 22.2. The summed E-state index contributed by atoms with van der Waals surface area (Å²) in [6.07, 6.45) is 0. The Kier molecular flexibility index (Phi) is 396. The van der Waals surface area contributed by atoms with Crippen LogP contribution >= 0.6 is 0 Å². The normalized spacial score (nSPS) is 3.12. The third kappa shape index (κ3) is 295. The Labute approximate surface area is 410 Å². The number of aliphatic carboxylic acids is 3. The molecule has 0 aliphatic rings. The monoisotopic (exact) mass is 468 g/mol. The first-order chi connectivity index (χ1) is 5.20. The quantitative estimate of drug-likeness (QED) is 0.305. The Morgan fingerprint density at radius 2 is 0.375 bits per heavy atom. The van der Waals surface area contributed by atoms with E-state index in [1.807, 2.05) is 0 Å². The van der Waals surface area contributed by atoms with Crippen LogP contribution in [0.25, 0.3) is 0 Å². The van der Waals surface area contributed by atoms with Gasteiger partial charge in [0.05, 0.1) is 0 Å². The first-order valence-corrected chi connectivity index (χ1v) is 2.78. The SMILES string of the molecule is CC(=O)O.CC(=O)O.CC(=O)O.[NaH].[NaH].[NaH].[NaH].[NaH].[NaH].[NaH].[NaH].[NaH].[NaH].[NaH].[NaH]. The fraction of sp³-hybridized carbons (Fsp3) is 0.500. The molecule has 0 atom stereocenters. The van der Waals surface area contributed by atoms with E-state index in [-0.39, 0.29) is 355 Å². The van der Waals surface area contributed by atoms with E-state index < -0.39 is 17.9 Å². The van der Waals surface area contributed by atoms with Gasteiger partial charge in [0.15, 0.2) is 0 Å². The Morgan fingerprint density at radius 3 is 0.375 bits per heavy atom. The van der Waals surface area contributed by atoms with Gasteiger partial charge in [-0.1, -0.05) is 0 Å². The van der Waals surface area contributed by atoms with Crippen LogP contribution in [0, 0.1) is 0 Å². The number of carboxylic acids is 3. The van der Waals surface area contributed by atoms with Crippen molar-refractivity contribution in [2.45, 2.75) is 20.8 Å². The van der Waals surface area contributed by atoms with E-state index >= 15 is 0 Å². The van der Waals surface area contributed by atoms with Crippen molar-refractivity contribution in [2.24, 2.45) is 0 Å². The van der Waals surface area contributed by atoms with Crippen LogP contribution in [-0.4, -0.2) is 388 Å². The number of hydrogen-bond donors (Lipinski definition) is 3. The molecule has 0 unspecified atom stereocenters. The van der Waals surface area contributed by atoms with Crippen LogP contribution in [0.2, 0.25) is 0 Å². The maximum atomic E-state index is 9.00. The van der Waals surface area contributed by atoms with Gasteiger partial charge < -0.3 is 15.3 Å². The summed E-state index contributed by atoms with van der Waals surface area (Å²) in [6, 6.07) is 0. The van der Waals surface area contributed by atoms with Crippen molar-refractivity contribution in [3.8, 4) is 0 Å². The van der Waals surface area contributed by atoms with Gasteiger partial charge in [0.25, 0.3) is 17.9 Å². The van der Waals surface area contributed by atoms with Crippen LogP contribution in [0.4, 0.5) is 0 Å². The summed E-state index contributed by atoms with van der Waals surface area (Å²) < 4.78 is 0. The molecule has 0 saturated carbocycles. The van der Waals surface area contributed by atoms with E-state index in [1.165, 1.54) is 0 Å². The van der Waals surface area contributed by atoms with Gasteiger partial charge >= 0.3 is 355 Å². The molecule has 0 saturated heterocycles. The van der Waals surface area contributed by atoms with Crippen LogP contribution in [0.5, 0.6) is 0 Å². The second kappa shape index (κ2) is 93.2. The molecule has 3 N–H and O–H groups in total. The zero-order valence-electron chi connectivity index (χ0n) is 7.07. The number of rotatable bonds is 0. The molecule has 0 rings (SSSR count). The van der Waals surface area contributed by atoms with Crippen LogP contribution in [0.3, 0.4) is 0 Å². The molecular formula is C6H24Na12O6. The molecule has 0 aromatic carbocycles. The van der Waals surface area contributed by atoms with Gasteiger partial charge in [-0.3, -0.25) is 14.4 Å². The molecule has 0 aromatic heterocycles. The van der Waals surface area contributed by atoms with Crippen molar-refractivity contribution >= 4 is 373 Å². The first-order valence-electron chi connectivity index (χ1n) is 2.78. The van der Waals surface area contributed by atoms with Crippen molar-refractivity contribution in [2.75, 3.05) is 0 Å². The fourth-order valence-electron chi connectivity index (χ4n) is 0. The summed E-state index contributed by atoms with van der Waals surface area (Å²) in [5.74, 6) is -2.50. The third-order valence-electron chi connectivity index (χ3n) is 0. The standard InChI is InChI=1S/3C2H4O2.12Na.12H/c3*1-2(3)4;;;;;;;;;;;;;;;;;;;;;;;;/h3*1H3,(H,3,4);;;;;;;;;;;;;;;;;;;;;;;;. The Hall–Kier alpha value is 10.4. The fourth-order valence-corrected chi connectivity index (χ4v) is 0. The summed E-state index contributed by atoms with van der Waals surface area (Å²) >= 11 is 0. The molecule has 96 valence electrons. The van der Waals surface area contributed by atoms with Crippen molar-refractivity contribution in [1.29, 1.82) is 0 Å². The molecule has 0 heterocycles. The molecule has 0 aliphatic heterocycles. The second-order valence-corrected chi connectivity index (χ2v) is 1.56. The molecule has 0 aromatic rings. The molecule has 0 amide bonds. The van der Waals surface area contributed by atoms with Gasteiger partial charge in [-0.25, -0.2) is 0 Å². The topological polar surface area (TPSA) is 112 Å². The summed E-state index contributed by atoms with van der Waals surface area (Å²) in [7, 11) is 0. The van der Waals surface area contributed by atoms with Gasteiger partial charge in [0, 0.05) is 20.8 Å².